The van der Waals surface area contributed by atoms with Crippen molar-refractivity contribution in [2.24, 2.45) is 5.92 Å². The van der Waals surface area contributed by atoms with Crippen molar-refractivity contribution in [3.63, 3.8) is 0 Å². The van der Waals surface area contributed by atoms with Gasteiger partial charge in [0.25, 0.3) is 14.1 Å². The molecule has 1 saturated heterocycles. The summed E-state index contributed by atoms with van der Waals surface area (Å²) in [7, 11) is -0.730. The average Bonchev–Trinajstić information content (AvgIpc) is 3.92. The predicted molar refractivity (Wildman–Crippen MR) is 289 cm³/mol. The molecule has 5 aromatic rings. The zero-order valence-corrected chi connectivity index (χ0v) is 46.5. The lowest BCUT2D eigenvalue weighted by Crippen LogP contribution is -2.43. The highest BCUT2D eigenvalue weighted by atomic mass is 31.2. The average molecular weight is 1020 g/mol. The maximum atomic E-state index is 14.4. The number of fused-ring (bicyclic) bond motifs is 1. The largest absolute Gasteiger partial charge is 0.497 e. The molecule has 14 nitrogen and oxygen atoms in total. The van der Waals surface area contributed by atoms with Crippen molar-refractivity contribution in [2.75, 3.05) is 32.8 Å². The summed E-state index contributed by atoms with van der Waals surface area (Å²) in [5, 5.41) is 12.7. The van der Waals surface area contributed by atoms with E-state index in [1.165, 1.54) is 0 Å². The van der Waals surface area contributed by atoms with Gasteiger partial charge in [0.1, 0.15) is 37.5 Å². The monoisotopic (exact) mass is 1020 g/mol. The standard InChI is InChI=1S/C56H75N6O8PSi/c1-36(2)53(63)59-55-58-52-51(54(64)60-55)42(29-32-72(39(7)8,40(9)10)41(11)12)34-61(52)50-33-48(70-71(68-31-18-30-57)62(37(3)4)38(5)6)49(69-50)35-67-56(43-19-16-15-17-20-43,44-21-25-46(65-13)26-22-44)45-23-27-47(66-14)28-24-45/h15-17,19-28,34,36-41,48-50H,18,31,33,35H2,1-14H3,(H2,58,59,60,63,64)/t48-,49+,50+,71?/m0/s1. The second kappa shape index (κ2) is 24.6. The summed E-state index contributed by atoms with van der Waals surface area (Å²) in [6.07, 6.45) is 0.238. The fourth-order valence-electron chi connectivity index (χ4n) is 10.2. The molecule has 0 aliphatic carbocycles. The van der Waals surface area contributed by atoms with Crippen molar-refractivity contribution in [3.05, 3.63) is 118 Å². The Morgan fingerprint density at radius 3 is 1.93 bits per heavy atom. The number of carbonyl (C=O) groups excluding carboxylic acids is 1. The molecule has 1 unspecified atom stereocenters. The smallest absolute Gasteiger partial charge is 0.263 e. The fraction of sp³-hybridized carbons (Fsp3) is 0.500. The molecule has 0 radical (unpaired) electrons. The molecular formula is C56H75N6O8PSi. The quantitative estimate of drug-likeness (QED) is 0.0223. The number of H-pyrrole nitrogens is 1. The van der Waals surface area contributed by atoms with Crippen LogP contribution in [0.2, 0.25) is 16.6 Å². The van der Waals surface area contributed by atoms with Gasteiger partial charge in [-0.3, -0.25) is 19.9 Å². The number of hydrogen-bond donors (Lipinski definition) is 2. The summed E-state index contributed by atoms with van der Waals surface area (Å²) in [5.74, 6) is 4.30. The highest BCUT2D eigenvalue weighted by molar-refractivity contribution is 7.44. The lowest BCUT2D eigenvalue weighted by molar-refractivity contribution is -0.118. The van der Waals surface area contributed by atoms with E-state index < -0.39 is 46.2 Å². The van der Waals surface area contributed by atoms with Crippen LogP contribution in [0.25, 0.3) is 11.0 Å². The number of hydrogen-bond acceptors (Lipinski definition) is 11. The maximum Gasteiger partial charge on any atom is 0.263 e. The zero-order valence-electron chi connectivity index (χ0n) is 44.6. The second-order valence-electron chi connectivity index (χ2n) is 20.2. The molecule has 2 aromatic heterocycles. The number of benzene rings is 3. The minimum atomic E-state index is -2.27. The van der Waals surface area contributed by atoms with Crippen LogP contribution in [0.1, 0.15) is 124 Å². The number of aromatic nitrogens is 3. The highest BCUT2D eigenvalue weighted by Crippen LogP contribution is 2.51. The SMILES string of the molecule is COc1ccc(C(OC[C@H]2O[C@@H](n3cc(C#C[Si](C(C)C)(C(C)C)C(C)C)c4c(=O)[nH]c(NC(=O)C(C)C)nc43)C[C@@H]2OP(OCCC#N)N(C(C)C)C(C)C)(c2ccccc2)c2ccc(OC)cc2)cc1. The number of amides is 1. The summed E-state index contributed by atoms with van der Waals surface area (Å²) >= 11 is 0. The Kier molecular flexibility index (Phi) is 19.1. The second-order valence-corrected chi connectivity index (χ2v) is 27.2. The Bertz CT molecular complexity index is 2660. The van der Waals surface area contributed by atoms with Crippen molar-refractivity contribution < 1.29 is 32.8 Å². The van der Waals surface area contributed by atoms with Crippen molar-refractivity contribution in [3.8, 4) is 29.0 Å². The number of ether oxygens (including phenoxy) is 4. The molecule has 1 aliphatic heterocycles. The third kappa shape index (κ3) is 12.0. The van der Waals surface area contributed by atoms with E-state index in [2.05, 4.69) is 114 Å². The lowest BCUT2D eigenvalue weighted by Gasteiger charge is -2.39. The van der Waals surface area contributed by atoms with Crippen LogP contribution in [0.3, 0.4) is 0 Å². The number of methoxy groups -OCH3 is 2. The van der Waals surface area contributed by atoms with Crippen LogP contribution in [0.4, 0.5) is 5.95 Å². The first-order chi connectivity index (χ1) is 34.3. The fourth-order valence-corrected chi connectivity index (χ4v) is 17.2. The molecule has 4 atom stereocenters. The predicted octanol–water partition coefficient (Wildman–Crippen LogP) is 11.9. The van der Waals surface area contributed by atoms with E-state index in [1.54, 1.807) is 28.1 Å². The number of carbonyl (C=O) groups is 1. The van der Waals surface area contributed by atoms with Gasteiger partial charge in [0.2, 0.25) is 11.9 Å². The number of aromatic amines is 1. The number of nitriles is 1. The molecule has 2 N–H and O–H groups in total. The molecular weight excluding hydrogens is 944 g/mol. The number of anilines is 1. The third-order valence-electron chi connectivity index (χ3n) is 13.7. The molecule has 0 bridgehead atoms. The van der Waals surface area contributed by atoms with Crippen LogP contribution >= 0.6 is 8.53 Å². The van der Waals surface area contributed by atoms with Gasteiger partial charge in [-0.2, -0.15) is 10.2 Å². The Balaban J connectivity index is 1.56. The molecule has 3 heterocycles. The first-order valence-electron chi connectivity index (χ1n) is 25.2. The highest BCUT2D eigenvalue weighted by Gasteiger charge is 2.46. The molecule has 6 rings (SSSR count). The lowest BCUT2D eigenvalue weighted by atomic mass is 9.80. The number of nitrogens with one attached hydrogen (secondary N) is 2. The molecule has 1 aliphatic rings. The summed E-state index contributed by atoms with van der Waals surface area (Å²) in [5.41, 5.74) is 6.68. The summed E-state index contributed by atoms with van der Waals surface area (Å²) in [4.78, 5) is 35.2. The van der Waals surface area contributed by atoms with E-state index >= 15 is 0 Å². The van der Waals surface area contributed by atoms with Crippen molar-refractivity contribution in [1.29, 1.82) is 5.26 Å². The van der Waals surface area contributed by atoms with Gasteiger partial charge in [-0.15, -0.1) is 5.54 Å². The molecule has 1 amide bonds. The summed E-state index contributed by atoms with van der Waals surface area (Å²) in [6, 6.07) is 28.1. The minimum absolute atomic E-state index is 0.0246. The zero-order chi connectivity index (χ0) is 52.5. The molecule has 1 fully saturated rings. The molecule has 3 aromatic carbocycles. The van der Waals surface area contributed by atoms with Gasteiger partial charge in [0.05, 0.1) is 57.0 Å². The van der Waals surface area contributed by atoms with Crippen molar-refractivity contribution >= 4 is 39.5 Å². The minimum Gasteiger partial charge on any atom is -0.497 e. The van der Waals surface area contributed by atoms with Gasteiger partial charge in [0, 0.05) is 30.6 Å². The number of nitrogens with zero attached hydrogens (tertiary/aromatic N) is 4. The Morgan fingerprint density at radius 2 is 1.43 bits per heavy atom. The summed E-state index contributed by atoms with van der Waals surface area (Å²) < 4.78 is 43.7. The maximum absolute atomic E-state index is 14.4. The van der Waals surface area contributed by atoms with Gasteiger partial charge >= 0.3 is 0 Å². The first kappa shape index (κ1) is 56.0. The van der Waals surface area contributed by atoms with Gasteiger partial charge in [0.15, 0.2) is 5.65 Å². The van der Waals surface area contributed by atoms with Crippen LogP contribution in [-0.2, 0) is 28.9 Å². The molecule has 0 spiro atoms. The Morgan fingerprint density at radius 1 is 0.875 bits per heavy atom. The van der Waals surface area contributed by atoms with Gasteiger partial charge in [-0.25, -0.2) is 4.67 Å². The Labute approximate surface area is 429 Å². The van der Waals surface area contributed by atoms with E-state index in [0.29, 0.717) is 51.1 Å². The molecule has 0 saturated carbocycles. The van der Waals surface area contributed by atoms with Gasteiger partial charge in [-0.1, -0.05) is 116 Å². The van der Waals surface area contributed by atoms with Crippen LogP contribution in [-0.4, -0.2) is 84.9 Å². The van der Waals surface area contributed by atoms with Crippen LogP contribution < -0.4 is 20.3 Å². The van der Waals surface area contributed by atoms with E-state index in [0.717, 1.165) is 16.7 Å². The first-order valence-corrected chi connectivity index (χ1v) is 28.6. The van der Waals surface area contributed by atoms with E-state index in [4.69, 9.17) is 33.0 Å². The van der Waals surface area contributed by atoms with Crippen LogP contribution in [0, 0.1) is 28.7 Å². The topological polar surface area (TPSA) is 162 Å². The van der Waals surface area contributed by atoms with E-state index in [9.17, 15) is 14.9 Å². The molecule has 16 heteroatoms. The third-order valence-corrected chi connectivity index (χ3v) is 22.2. The van der Waals surface area contributed by atoms with Gasteiger partial charge < -0.3 is 32.6 Å². The van der Waals surface area contributed by atoms with E-state index in [-0.39, 0.29) is 49.5 Å². The van der Waals surface area contributed by atoms with Crippen LogP contribution in [0.15, 0.2) is 89.9 Å². The van der Waals surface area contributed by atoms with Crippen LogP contribution in [0.5, 0.6) is 11.5 Å². The van der Waals surface area contributed by atoms with E-state index in [1.807, 2.05) is 77.5 Å². The molecule has 386 valence electrons. The normalized spacial score (nSPS) is 16.8. The molecule has 72 heavy (non-hydrogen) atoms. The van der Waals surface area contributed by atoms with Gasteiger partial charge in [-0.05, 0) is 85.3 Å². The number of rotatable bonds is 22. The van der Waals surface area contributed by atoms with Crippen molar-refractivity contribution in [2.45, 2.75) is 149 Å². The summed E-state index contributed by atoms with van der Waals surface area (Å²) in [6.45, 7) is 25.7. The Hall–Kier alpha value is -5.35. The van der Waals surface area contributed by atoms with Crippen molar-refractivity contribution in [1.82, 2.24) is 19.2 Å².